The second-order valence-corrected chi connectivity index (χ2v) is 6.54. The summed E-state index contributed by atoms with van der Waals surface area (Å²) in [5.74, 6) is 0.579. The van der Waals surface area contributed by atoms with Crippen molar-refractivity contribution in [1.29, 1.82) is 0 Å². The average molecular weight is 320 g/mol. The van der Waals surface area contributed by atoms with Crippen LogP contribution in [-0.2, 0) is 26.0 Å². The van der Waals surface area contributed by atoms with Crippen LogP contribution >= 0.6 is 0 Å². The van der Waals surface area contributed by atoms with E-state index in [4.69, 9.17) is 13.9 Å². The Kier molecular flexibility index (Phi) is 7.91. The predicted molar refractivity (Wildman–Crippen MR) is 78.6 cm³/mol. The van der Waals surface area contributed by atoms with E-state index < -0.39 is 10.0 Å². The molecule has 0 aliphatic heterocycles. The molecular weight excluding hydrogens is 296 g/mol. The number of furan rings is 1. The largest absolute Gasteiger partial charge is 0.447 e. The summed E-state index contributed by atoms with van der Waals surface area (Å²) in [6.45, 7) is 2.64. The van der Waals surface area contributed by atoms with Gasteiger partial charge in [0.2, 0.25) is 5.09 Å². The Balaban J connectivity index is 2.56. The second-order valence-electron chi connectivity index (χ2n) is 4.56. The highest BCUT2D eigenvalue weighted by Gasteiger charge is 2.24. The van der Waals surface area contributed by atoms with Crippen LogP contribution in [0.2, 0.25) is 0 Å². The maximum Gasteiger partial charge on any atom is 0.276 e. The van der Waals surface area contributed by atoms with E-state index in [1.54, 1.807) is 20.3 Å². The maximum atomic E-state index is 12.3. The quantitative estimate of drug-likeness (QED) is 0.604. The van der Waals surface area contributed by atoms with Crippen molar-refractivity contribution in [2.45, 2.75) is 18.1 Å². The van der Waals surface area contributed by atoms with Gasteiger partial charge in [-0.1, -0.05) is 0 Å². The number of nitrogens with one attached hydrogen (secondary N) is 1. The highest BCUT2D eigenvalue weighted by Crippen LogP contribution is 2.18. The Morgan fingerprint density at radius 1 is 1.24 bits per heavy atom. The molecule has 1 heterocycles. The van der Waals surface area contributed by atoms with Crippen LogP contribution in [0.4, 0.5) is 0 Å². The normalized spacial score (nSPS) is 12.2. The van der Waals surface area contributed by atoms with Crippen LogP contribution in [0.5, 0.6) is 0 Å². The van der Waals surface area contributed by atoms with E-state index in [1.807, 2.05) is 0 Å². The monoisotopic (exact) mass is 320 g/mol. The summed E-state index contributed by atoms with van der Waals surface area (Å²) in [6, 6.07) is 3.14. The highest BCUT2D eigenvalue weighted by atomic mass is 32.2. The minimum atomic E-state index is -3.58. The third-order valence-corrected chi connectivity index (χ3v) is 4.64. The molecule has 0 fully saturated rings. The lowest BCUT2D eigenvalue weighted by molar-refractivity contribution is 0.189. The van der Waals surface area contributed by atoms with Crippen molar-refractivity contribution in [3.8, 4) is 0 Å². The zero-order valence-electron chi connectivity index (χ0n) is 12.8. The first-order valence-electron chi connectivity index (χ1n) is 6.76. The Morgan fingerprint density at radius 2 is 1.95 bits per heavy atom. The molecule has 0 aliphatic carbocycles. The fourth-order valence-corrected chi connectivity index (χ4v) is 2.81. The molecule has 0 saturated heterocycles. The van der Waals surface area contributed by atoms with Crippen molar-refractivity contribution in [3.05, 3.63) is 17.9 Å². The van der Waals surface area contributed by atoms with E-state index in [0.717, 1.165) is 0 Å². The first kappa shape index (κ1) is 18.1. The summed E-state index contributed by atoms with van der Waals surface area (Å²) < 4.78 is 41.0. The molecule has 1 rings (SSSR count). The van der Waals surface area contributed by atoms with E-state index in [-0.39, 0.29) is 5.09 Å². The Labute approximate surface area is 126 Å². The van der Waals surface area contributed by atoms with Crippen LogP contribution in [0.1, 0.15) is 12.2 Å². The maximum absolute atomic E-state index is 12.3. The third-order valence-electron chi connectivity index (χ3n) is 2.91. The van der Waals surface area contributed by atoms with Crippen LogP contribution in [0.3, 0.4) is 0 Å². The second kappa shape index (κ2) is 9.16. The molecule has 7 nitrogen and oxygen atoms in total. The van der Waals surface area contributed by atoms with Gasteiger partial charge in [-0.05, 0) is 18.6 Å². The SMILES string of the molecule is COCCCN(C)S(=O)(=O)c1ccc(CNCCOC)o1. The summed E-state index contributed by atoms with van der Waals surface area (Å²) in [4.78, 5) is 0. The Bertz CT molecular complexity index is 500. The van der Waals surface area contributed by atoms with Gasteiger partial charge < -0.3 is 19.2 Å². The molecular formula is C13H24N2O5S. The molecule has 8 heteroatoms. The molecule has 1 N–H and O–H groups in total. The van der Waals surface area contributed by atoms with E-state index in [0.29, 0.717) is 45.0 Å². The zero-order chi connectivity index (χ0) is 15.7. The third kappa shape index (κ3) is 5.76. The molecule has 0 saturated carbocycles. The van der Waals surface area contributed by atoms with Crippen molar-refractivity contribution in [3.63, 3.8) is 0 Å². The molecule has 1 aromatic rings. The van der Waals surface area contributed by atoms with Crippen molar-refractivity contribution >= 4 is 10.0 Å². The zero-order valence-corrected chi connectivity index (χ0v) is 13.6. The molecule has 0 aromatic carbocycles. The number of rotatable bonds is 11. The summed E-state index contributed by atoms with van der Waals surface area (Å²) in [5.41, 5.74) is 0. The molecule has 0 atom stereocenters. The standard InChI is InChI=1S/C13H24N2O5S/c1-15(8-4-9-18-2)21(16,17)13-6-5-12(20-13)11-14-7-10-19-3/h5-6,14H,4,7-11H2,1-3H3. The minimum Gasteiger partial charge on any atom is -0.447 e. The van der Waals surface area contributed by atoms with Gasteiger partial charge in [0.25, 0.3) is 10.0 Å². The smallest absolute Gasteiger partial charge is 0.276 e. The van der Waals surface area contributed by atoms with E-state index in [9.17, 15) is 8.42 Å². The van der Waals surface area contributed by atoms with Gasteiger partial charge in [-0.25, -0.2) is 8.42 Å². The molecule has 1 aromatic heterocycles. The van der Waals surface area contributed by atoms with Crippen LogP contribution in [0.25, 0.3) is 0 Å². The molecule has 0 aliphatic rings. The summed E-state index contributed by atoms with van der Waals surface area (Å²) in [7, 11) is 1.17. The fraction of sp³-hybridized carbons (Fsp3) is 0.692. The molecule has 0 radical (unpaired) electrons. The van der Waals surface area contributed by atoms with Gasteiger partial charge in [-0.2, -0.15) is 4.31 Å². The number of hydrogen-bond acceptors (Lipinski definition) is 6. The first-order valence-corrected chi connectivity index (χ1v) is 8.20. The van der Waals surface area contributed by atoms with Gasteiger partial charge in [0.15, 0.2) is 0 Å². The van der Waals surface area contributed by atoms with E-state index >= 15 is 0 Å². The summed E-state index contributed by atoms with van der Waals surface area (Å²) >= 11 is 0. The van der Waals surface area contributed by atoms with Gasteiger partial charge in [-0.15, -0.1) is 0 Å². The molecule has 21 heavy (non-hydrogen) atoms. The Hall–Kier alpha value is -0.930. The van der Waals surface area contributed by atoms with Crippen LogP contribution < -0.4 is 5.32 Å². The first-order chi connectivity index (χ1) is 10.0. The number of hydrogen-bond donors (Lipinski definition) is 1. The van der Waals surface area contributed by atoms with Gasteiger partial charge in [0, 0.05) is 41.0 Å². The van der Waals surface area contributed by atoms with Crippen molar-refractivity contribution < 1.29 is 22.3 Å². The molecule has 0 spiro atoms. The van der Waals surface area contributed by atoms with Crippen molar-refractivity contribution in [2.24, 2.45) is 0 Å². The van der Waals surface area contributed by atoms with Crippen LogP contribution in [0.15, 0.2) is 21.6 Å². The molecule has 0 bridgehead atoms. The average Bonchev–Trinajstić information content (AvgIpc) is 2.93. The van der Waals surface area contributed by atoms with Crippen molar-refractivity contribution in [2.75, 3.05) is 47.6 Å². The molecule has 0 amide bonds. The lowest BCUT2D eigenvalue weighted by Crippen LogP contribution is -2.28. The number of methoxy groups -OCH3 is 2. The number of sulfonamides is 1. The summed E-state index contributed by atoms with van der Waals surface area (Å²) in [6.07, 6.45) is 0.637. The van der Waals surface area contributed by atoms with Gasteiger partial charge >= 0.3 is 0 Å². The topological polar surface area (TPSA) is 81.0 Å². The van der Waals surface area contributed by atoms with Crippen molar-refractivity contribution in [1.82, 2.24) is 9.62 Å². The highest BCUT2D eigenvalue weighted by molar-refractivity contribution is 7.89. The van der Waals surface area contributed by atoms with E-state index in [2.05, 4.69) is 5.32 Å². The lowest BCUT2D eigenvalue weighted by Gasteiger charge is -2.14. The van der Waals surface area contributed by atoms with Gasteiger partial charge in [0.1, 0.15) is 5.76 Å². The van der Waals surface area contributed by atoms with E-state index in [1.165, 1.54) is 17.4 Å². The summed E-state index contributed by atoms with van der Waals surface area (Å²) in [5, 5.41) is 3.06. The van der Waals surface area contributed by atoms with Crippen LogP contribution in [-0.4, -0.2) is 60.3 Å². The number of nitrogens with zero attached hydrogens (tertiary/aromatic N) is 1. The minimum absolute atomic E-state index is 0.0361. The van der Waals surface area contributed by atoms with Crippen LogP contribution in [0, 0.1) is 0 Å². The molecule has 0 unspecified atom stereocenters. The predicted octanol–water partition coefficient (Wildman–Crippen LogP) is 0.673. The molecule has 122 valence electrons. The number of ether oxygens (including phenoxy) is 2. The van der Waals surface area contributed by atoms with Gasteiger partial charge in [0.05, 0.1) is 13.2 Å². The fourth-order valence-electron chi connectivity index (χ4n) is 1.68. The van der Waals surface area contributed by atoms with Gasteiger partial charge in [-0.3, -0.25) is 0 Å². The Morgan fingerprint density at radius 3 is 2.62 bits per heavy atom. The lowest BCUT2D eigenvalue weighted by atomic mass is 10.4.